The third-order valence-corrected chi connectivity index (χ3v) is 5.49. The molecule has 0 unspecified atom stereocenters. The van der Waals surface area contributed by atoms with Crippen LogP contribution in [0.1, 0.15) is 50.3 Å². The number of nitrogens with one attached hydrogen (secondary N) is 1. The van der Waals surface area contributed by atoms with Gasteiger partial charge in [0.15, 0.2) is 5.69 Å². The van der Waals surface area contributed by atoms with Crippen molar-refractivity contribution >= 4 is 5.91 Å². The Labute approximate surface area is 137 Å². The lowest BCUT2D eigenvalue weighted by Gasteiger charge is -2.20. The van der Waals surface area contributed by atoms with Crippen molar-refractivity contribution in [2.45, 2.75) is 47.0 Å². The highest BCUT2D eigenvalue weighted by molar-refractivity contribution is 5.96. The van der Waals surface area contributed by atoms with Crippen LogP contribution in [0.4, 0.5) is 0 Å². The summed E-state index contributed by atoms with van der Waals surface area (Å²) in [6.07, 6.45) is 3.01. The smallest absolute Gasteiger partial charge is 0.271 e. The van der Waals surface area contributed by atoms with Crippen LogP contribution in [0.2, 0.25) is 0 Å². The molecule has 1 aromatic carbocycles. The van der Waals surface area contributed by atoms with Crippen molar-refractivity contribution < 1.29 is 4.79 Å². The summed E-state index contributed by atoms with van der Waals surface area (Å²) in [6, 6.07) is 0. The number of benzene rings is 1. The Bertz CT molecular complexity index is 815. The fourth-order valence-electron chi connectivity index (χ4n) is 3.88. The molecule has 0 fully saturated rings. The molecule has 0 spiro atoms. The lowest BCUT2D eigenvalue weighted by atomic mass is 9.86. The molecule has 2 aromatic rings. The second-order valence-electron chi connectivity index (χ2n) is 6.59. The Morgan fingerprint density at radius 2 is 1.61 bits per heavy atom. The molecule has 1 heterocycles. The molecule has 1 amide bonds. The molecule has 1 aromatic heterocycles. The largest absolute Gasteiger partial charge is 0.354 e. The molecule has 0 saturated carbocycles. The number of aromatic nitrogens is 2. The number of carbonyl (C=O) groups excluding carboxylic acids is 1. The van der Waals surface area contributed by atoms with Crippen LogP contribution < -0.4 is 5.32 Å². The standard InChI is InChI=1S/C19H25N3O/c1-10-11(2)13(4)16-14(12(10)3)8-7-9-15-17(19(23)20-5)21-22(6)18(15)16/h7-9H2,1-6H3,(H,20,23). The van der Waals surface area contributed by atoms with Gasteiger partial charge in [0.2, 0.25) is 0 Å². The number of hydrogen-bond acceptors (Lipinski definition) is 2. The minimum atomic E-state index is -0.0940. The van der Waals surface area contributed by atoms with E-state index in [1.54, 1.807) is 7.05 Å². The minimum Gasteiger partial charge on any atom is -0.354 e. The highest BCUT2D eigenvalue weighted by Crippen LogP contribution is 2.40. The molecule has 1 N–H and O–H groups in total. The highest BCUT2D eigenvalue weighted by atomic mass is 16.1. The number of carbonyl (C=O) groups is 1. The molecule has 0 aliphatic heterocycles. The Morgan fingerprint density at radius 3 is 2.26 bits per heavy atom. The number of fused-ring (bicyclic) bond motifs is 3. The molecule has 0 saturated heterocycles. The molecule has 1 aliphatic carbocycles. The van der Waals surface area contributed by atoms with E-state index in [2.05, 4.69) is 38.1 Å². The van der Waals surface area contributed by atoms with Crippen LogP contribution in [0.15, 0.2) is 0 Å². The van der Waals surface area contributed by atoms with Crippen LogP contribution in [0, 0.1) is 27.7 Å². The van der Waals surface area contributed by atoms with Crippen LogP contribution in [-0.2, 0) is 19.9 Å². The van der Waals surface area contributed by atoms with E-state index in [4.69, 9.17) is 0 Å². The first-order valence-corrected chi connectivity index (χ1v) is 8.26. The van der Waals surface area contributed by atoms with Crippen LogP contribution in [0.25, 0.3) is 11.3 Å². The van der Waals surface area contributed by atoms with E-state index in [-0.39, 0.29) is 5.91 Å². The topological polar surface area (TPSA) is 46.9 Å². The quantitative estimate of drug-likeness (QED) is 0.879. The summed E-state index contributed by atoms with van der Waals surface area (Å²) in [6.45, 7) is 8.82. The fourth-order valence-corrected chi connectivity index (χ4v) is 3.88. The number of rotatable bonds is 1. The van der Waals surface area contributed by atoms with E-state index in [1.165, 1.54) is 33.4 Å². The molecule has 23 heavy (non-hydrogen) atoms. The van der Waals surface area contributed by atoms with Gasteiger partial charge in [-0.15, -0.1) is 0 Å². The Hall–Kier alpha value is -2.10. The monoisotopic (exact) mass is 311 g/mol. The van der Waals surface area contributed by atoms with Crippen LogP contribution >= 0.6 is 0 Å². The van der Waals surface area contributed by atoms with Crippen molar-refractivity contribution in [1.29, 1.82) is 0 Å². The Balaban J connectivity index is 2.39. The normalized spacial score (nSPS) is 13.3. The molecule has 0 bridgehead atoms. The minimum absolute atomic E-state index is 0.0940. The summed E-state index contributed by atoms with van der Waals surface area (Å²) in [7, 11) is 3.61. The highest BCUT2D eigenvalue weighted by Gasteiger charge is 2.28. The van der Waals surface area contributed by atoms with E-state index in [9.17, 15) is 4.79 Å². The first-order chi connectivity index (χ1) is 10.9. The zero-order valence-electron chi connectivity index (χ0n) is 14.9. The van der Waals surface area contributed by atoms with Crippen LogP contribution in [0.5, 0.6) is 0 Å². The molecule has 1 aliphatic rings. The summed E-state index contributed by atoms with van der Waals surface area (Å²) in [5.74, 6) is -0.0940. The average molecular weight is 311 g/mol. The predicted molar refractivity (Wildman–Crippen MR) is 93.0 cm³/mol. The summed E-state index contributed by atoms with van der Waals surface area (Å²) in [5.41, 5.74) is 11.0. The fraction of sp³-hybridized carbons (Fsp3) is 0.474. The van der Waals surface area contributed by atoms with Gasteiger partial charge in [-0.3, -0.25) is 9.48 Å². The van der Waals surface area contributed by atoms with Crippen molar-refractivity contribution in [3.8, 4) is 11.3 Å². The third kappa shape index (κ3) is 2.19. The number of nitrogens with zero attached hydrogens (tertiary/aromatic N) is 2. The predicted octanol–water partition coefficient (Wildman–Crippen LogP) is 3.17. The van der Waals surface area contributed by atoms with Gasteiger partial charge in [0.05, 0.1) is 5.69 Å². The zero-order chi connectivity index (χ0) is 16.9. The molecule has 122 valence electrons. The van der Waals surface area contributed by atoms with E-state index in [1.807, 2.05) is 11.7 Å². The molecular formula is C19H25N3O. The first-order valence-electron chi connectivity index (χ1n) is 8.26. The lowest BCUT2D eigenvalue weighted by Crippen LogP contribution is -2.20. The number of amides is 1. The second kappa shape index (κ2) is 5.52. The summed E-state index contributed by atoms with van der Waals surface area (Å²) < 4.78 is 1.89. The van der Waals surface area contributed by atoms with Crippen molar-refractivity contribution in [3.05, 3.63) is 39.1 Å². The average Bonchev–Trinajstić information content (AvgIpc) is 2.73. The maximum Gasteiger partial charge on any atom is 0.271 e. The Morgan fingerprint density at radius 1 is 1.00 bits per heavy atom. The number of aryl methyl sites for hydroxylation is 1. The van der Waals surface area contributed by atoms with Gasteiger partial charge >= 0.3 is 0 Å². The van der Waals surface area contributed by atoms with Crippen LogP contribution in [0.3, 0.4) is 0 Å². The summed E-state index contributed by atoms with van der Waals surface area (Å²) in [5, 5.41) is 7.25. The molecule has 4 heteroatoms. The van der Waals surface area contributed by atoms with Crippen LogP contribution in [-0.4, -0.2) is 22.7 Å². The third-order valence-electron chi connectivity index (χ3n) is 5.49. The van der Waals surface area contributed by atoms with Gasteiger partial charge in [0.25, 0.3) is 5.91 Å². The first kappa shape index (κ1) is 15.8. The van der Waals surface area contributed by atoms with Crippen molar-refractivity contribution in [2.24, 2.45) is 7.05 Å². The Kier molecular flexibility index (Phi) is 3.78. The SMILES string of the molecule is CNC(=O)c1nn(C)c2c1CCCc1c(C)c(C)c(C)c(C)c1-2. The van der Waals surface area contributed by atoms with Gasteiger partial charge in [-0.05, 0) is 74.8 Å². The second-order valence-corrected chi connectivity index (χ2v) is 6.59. The molecule has 0 radical (unpaired) electrons. The van der Waals surface area contributed by atoms with Gasteiger partial charge in [0, 0.05) is 25.2 Å². The van der Waals surface area contributed by atoms with Gasteiger partial charge in [-0.1, -0.05) is 0 Å². The lowest BCUT2D eigenvalue weighted by molar-refractivity contribution is 0.0956. The molecule has 4 nitrogen and oxygen atoms in total. The van der Waals surface area contributed by atoms with E-state index >= 15 is 0 Å². The maximum absolute atomic E-state index is 12.2. The van der Waals surface area contributed by atoms with Crippen molar-refractivity contribution in [3.63, 3.8) is 0 Å². The van der Waals surface area contributed by atoms with Gasteiger partial charge in [-0.2, -0.15) is 5.10 Å². The van der Waals surface area contributed by atoms with Crippen molar-refractivity contribution in [2.75, 3.05) is 7.05 Å². The van der Waals surface area contributed by atoms with Crippen molar-refractivity contribution in [1.82, 2.24) is 15.1 Å². The van der Waals surface area contributed by atoms with Gasteiger partial charge in [0.1, 0.15) is 0 Å². The molecular weight excluding hydrogens is 286 g/mol. The van der Waals surface area contributed by atoms with E-state index < -0.39 is 0 Å². The van der Waals surface area contributed by atoms with Gasteiger partial charge < -0.3 is 5.32 Å². The summed E-state index contributed by atoms with van der Waals surface area (Å²) >= 11 is 0. The summed E-state index contributed by atoms with van der Waals surface area (Å²) in [4.78, 5) is 12.2. The molecule has 0 atom stereocenters. The van der Waals surface area contributed by atoms with Gasteiger partial charge in [-0.25, -0.2) is 0 Å². The van der Waals surface area contributed by atoms with E-state index in [0.29, 0.717) is 5.69 Å². The van der Waals surface area contributed by atoms with E-state index in [0.717, 1.165) is 30.5 Å². The molecule has 3 rings (SSSR count). The maximum atomic E-state index is 12.2. The number of hydrogen-bond donors (Lipinski definition) is 1. The zero-order valence-corrected chi connectivity index (χ0v) is 14.9.